The Bertz CT molecular complexity index is 852. The minimum atomic E-state index is -1.52. The van der Waals surface area contributed by atoms with Crippen LogP contribution in [0.3, 0.4) is 0 Å². The Balaban J connectivity index is 1.51. The van der Waals surface area contributed by atoms with E-state index in [1.165, 1.54) is 0 Å². The molecule has 3 aliphatic heterocycles. The SMILES string of the molecule is NC[C@@H]1CC[C@@H](N)[C@@H](O[C@H]2[C@H](O[C@@H]3O[C@H](CO)[C@@H](O[C@H]4O[C@@H](CN)[C@@H](O)[C@H](O)[C@H]4N)[C@H]3O)[C@@H](O)[C@H](CCCO)C[C@@H]2N)O1. The highest BCUT2D eigenvalue weighted by atomic mass is 16.8. The first-order valence-electron chi connectivity index (χ1n) is 15.1. The zero-order valence-corrected chi connectivity index (χ0v) is 24.2. The molecule has 3 heterocycles. The van der Waals surface area contributed by atoms with Gasteiger partial charge in [0.1, 0.15) is 48.8 Å². The number of rotatable bonds is 12. The second-order valence-corrected chi connectivity index (χ2v) is 12.0. The van der Waals surface area contributed by atoms with Crippen LogP contribution in [0.2, 0.25) is 0 Å². The van der Waals surface area contributed by atoms with Crippen molar-refractivity contribution in [2.24, 2.45) is 34.6 Å². The molecule has 0 amide bonds. The summed E-state index contributed by atoms with van der Waals surface area (Å²) in [6.45, 7) is -0.523. The molecule has 3 saturated heterocycles. The predicted molar refractivity (Wildman–Crippen MR) is 147 cm³/mol. The van der Waals surface area contributed by atoms with Crippen LogP contribution < -0.4 is 28.7 Å². The molecule has 0 radical (unpaired) electrons. The van der Waals surface area contributed by atoms with Crippen LogP contribution in [0.4, 0.5) is 0 Å². The van der Waals surface area contributed by atoms with E-state index in [1.807, 2.05) is 0 Å². The summed E-state index contributed by atoms with van der Waals surface area (Å²) in [6.07, 6.45) is -12.2. The Labute approximate surface area is 250 Å². The van der Waals surface area contributed by atoms with E-state index in [-0.39, 0.29) is 31.7 Å². The van der Waals surface area contributed by atoms with E-state index in [4.69, 9.17) is 57.1 Å². The van der Waals surface area contributed by atoms with Crippen molar-refractivity contribution in [3.63, 3.8) is 0 Å². The maximum atomic E-state index is 11.4. The molecule has 4 aliphatic rings. The van der Waals surface area contributed by atoms with E-state index in [0.717, 1.165) is 0 Å². The molecule has 0 aromatic rings. The van der Waals surface area contributed by atoms with Gasteiger partial charge in [0, 0.05) is 25.7 Å². The molecule has 17 atom stereocenters. The first kappa shape index (κ1) is 35.2. The molecule has 0 aromatic carbocycles. The summed E-state index contributed by atoms with van der Waals surface area (Å²) >= 11 is 0. The highest BCUT2D eigenvalue weighted by molar-refractivity contribution is 5.00. The molecule has 4 rings (SSSR count). The lowest BCUT2D eigenvalue weighted by Crippen LogP contribution is -2.64. The molecule has 252 valence electrons. The zero-order chi connectivity index (χ0) is 31.4. The van der Waals surface area contributed by atoms with Gasteiger partial charge in [-0.2, -0.15) is 0 Å². The second-order valence-electron chi connectivity index (χ2n) is 12.0. The van der Waals surface area contributed by atoms with E-state index in [2.05, 4.69) is 0 Å². The number of hydrogen-bond acceptors (Lipinski definition) is 17. The Kier molecular flexibility index (Phi) is 12.9. The largest absolute Gasteiger partial charge is 0.396 e. The van der Waals surface area contributed by atoms with E-state index < -0.39 is 98.5 Å². The molecule has 0 spiro atoms. The summed E-state index contributed by atoms with van der Waals surface area (Å²) in [5.74, 6) is -0.362. The molecular weight excluding hydrogens is 574 g/mol. The Morgan fingerprint density at radius 1 is 0.651 bits per heavy atom. The van der Waals surface area contributed by atoms with E-state index in [9.17, 15) is 30.6 Å². The number of nitrogens with two attached hydrogens (primary N) is 5. The first-order valence-corrected chi connectivity index (χ1v) is 15.1. The van der Waals surface area contributed by atoms with Crippen LogP contribution in [0.25, 0.3) is 0 Å². The molecular formula is C26H51N5O12. The highest BCUT2D eigenvalue weighted by Crippen LogP contribution is 2.37. The standard InChI is InChI=1S/C26H51N5O12/c27-7-11-3-4-12(29)24(38-11)41-21-13(30)6-10(2-1-5-32)17(34)23(21)43-26-20(37)22(15(9-33)40-26)42-25-16(31)19(36)18(35)14(8-28)39-25/h10-26,32-37H,1-9,27-31H2/t10-,11+,12-,13+,14+,15-,16-,17+,18-,19-,20-,21-,22-,23-,24-,25-,26+/m1/s1. The average Bonchev–Trinajstić information content (AvgIpc) is 3.30. The third-order valence-corrected chi connectivity index (χ3v) is 8.96. The molecule has 0 unspecified atom stereocenters. The van der Waals surface area contributed by atoms with Crippen LogP contribution in [0, 0.1) is 5.92 Å². The Morgan fingerprint density at radius 3 is 1.98 bits per heavy atom. The lowest BCUT2D eigenvalue weighted by atomic mass is 9.77. The normalized spacial score (nSPS) is 49.3. The van der Waals surface area contributed by atoms with Gasteiger partial charge in [-0.05, 0) is 38.0 Å². The summed E-state index contributed by atoms with van der Waals surface area (Å²) < 4.78 is 35.7. The van der Waals surface area contributed by atoms with Gasteiger partial charge < -0.3 is 87.7 Å². The number of aliphatic hydroxyl groups is 6. The lowest BCUT2D eigenvalue weighted by molar-refractivity contribution is -0.292. The van der Waals surface area contributed by atoms with Crippen LogP contribution in [-0.2, 0) is 28.4 Å². The summed E-state index contributed by atoms with van der Waals surface area (Å²) in [5, 5.41) is 62.6. The smallest absolute Gasteiger partial charge is 0.187 e. The van der Waals surface area contributed by atoms with Crippen LogP contribution in [0.15, 0.2) is 0 Å². The van der Waals surface area contributed by atoms with Crippen molar-refractivity contribution in [2.45, 2.75) is 130 Å². The van der Waals surface area contributed by atoms with Crippen molar-refractivity contribution in [1.29, 1.82) is 0 Å². The van der Waals surface area contributed by atoms with Gasteiger partial charge in [0.05, 0.1) is 30.9 Å². The molecule has 1 saturated carbocycles. The van der Waals surface area contributed by atoms with Crippen molar-refractivity contribution in [3.05, 3.63) is 0 Å². The van der Waals surface area contributed by atoms with Crippen molar-refractivity contribution in [2.75, 3.05) is 26.3 Å². The molecule has 16 N–H and O–H groups in total. The highest BCUT2D eigenvalue weighted by Gasteiger charge is 2.53. The molecule has 0 bridgehead atoms. The summed E-state index contributed by atoms with van der Waals surface area (Å²) in [7, 11) is 0. The molecule has 4 fully saturated rings. The summed E-state index contributed by atoms with van der Waals surface area (Å²) in [4.78, 5) is 0. The quantitative estimate of drug-likeness (QED) is 0.0962. The fraction of sp³-hybridized carbons (Fsp3) is 1.00. The topological polar surface area (TPSA) is 307 Å². The number of aliphatic hydroxyl groups excluding tert-OH is 6. The van der Waals surface area contributed by atoms with Gasteiger partial charge in [0.25, 0.3) is 0 Å². The minimum Gasteiger partial charge on any atom is -0.396 e. The van der Waals surface area contributed by atoms with Gasteiger partial charge >= 0.3 is 0 Å². The van der Waals surface area contributed by atoms with Crippen molar-refractivity contribution >= 4 is 0 Å². The van der Waals surface area contributed by atoms with Crippen molar-refractivity contribution in [3.8, 4) is 0 Å². The van der Waals surface area contributed by atoms with Crippen LogP contribution in [0.5, 0.6) is 0 Å². The second kappa shape index (κ2) is 15.7. The molecule has 0 aromatic heterocycles. The monoisotopic (exact) mass is 625 g/mol. The third kappa shape index (κ3) is 7.83. The summed E-state index contributed by atoms with van der Waals surface area (Å²) in [5.41, 5.74) is 30.3. The fourth-order valence-corrected chi connectivity index (χ4v) is 6.35. The number of ether oxygens (including phenoxy) is 6. The van der Waals surface area contributed by atoms with E-state index in [0.29, 0.717) is 32.1 Å². The van der Waals surface area contributed by atoms with Gasteiger partial charge in [-0.3, -0.25) is 0 Å². The lowest BCUT2D eigenvalue weighted by Gasteiger charge is -2.46. The van der Waals surface area contributed by atoms with Gasteiger partial charge in [0.15, 0.2) is 18.9 Å². The average molecular weight is 626 g/mol. The van der Waals surface area contributed by atoms with Crippen LogP contribution >= 0.6 is 0 Å². The molecule has 17 nitrogen and oxygen atoms in total. The maximum absolute atomic E-state index is 11.4. The van der Waals surface area contributed by atoms with Gasteiger partial charge in [-0.15, -0.1) is 0 Å². The van der Waals surface area contributed by atoms with Crippen LogP contribution in [-0.4, -0.2) is 155 Å². The van der Waals surface area contributed by atoms with Crippen molar-refractivity contribution in [1.82, 2.24) is 0 Å². The molecule has 1 aliphatic carbocycles. The number of hydrogen-bond donors (Lipinski definition) is 11. The van der Waals surface area contributed by atoms with Gasteiger partial charge in [0.2, 0.25) is 0 Å². The fourth-order valence-electron chi connectivity index (χ4n) is 6.35. The maximum Gasteiger partial charge on any atom is 0.187 e. The first-order chi connectivity index (χ1) is 20.5. The zero-order valence-electron chi connectivity index (χ0n) is 24.2. The van der Waals surface area contributed by atoms with Crippen LogP contribution in [0.1, 0.15) is 32.1 Å². The predicted octanol–water partition coefficient (Wildman–Crippen LogP) is -5.78. The van der Waals surface area contributed by atoms with Gasteiger partial charge in [-0.25, -0.2) is 0 Å². The Morgan fingerprint density at radius 2 is 1.33 bits per heavy atom. The van der Waals surface area contributed by atoms with E-state index in [1.54, 1.807) is 0 Å². The van der Waals surface area contributed by atoms with E-state index >= 15 is 0 Å². The molecule has 43 heavy (non-hydrogen) atoms. The third-order valence-electron chi connectivity index (χ3n) is 8.96. The minimum absolute atomic E-state index is 0.0705. The van der Waals surface area contributed by atoms with Gasteiger partial charge in [-0.1, -0.05) is 0 Å². The summed E-state index contributed by atoms with van der Waals surface area (Å²) in [6, 6.07) is -2.32. The molecule has 17 heteroatoms. The Hall–Kier alpha value is -0.680. The van der Waals surface area contributed by atoms with Crippen molar-refractivity contribution < 1.29 is 59.1 Å².